The molecule has 0 saturated carbocycles. The zero-order valence-electron chi connectivity index (χ0n) is 14.5. The summed E-state index contributed by atoms with van der Waals surface area (Å²) in [6.45, 7) is 5.08. The summed E-state index contributed by atoms with van der Waals surface area (Å²) in [5, 5.41) is 7.58. The van der Waals surface area contributed by atoms with E-state index in [1.807, 2.05) is 44.2 Å². The molecule has 1 heterocycles. The number of carbonyl (C=O) groups excluding carboxylic acids is 2. The summed E-state index contributed by atoms with van der Waals surface area (Å²) in [5.41, 5.74) is 1.24. The van der Waals surface area contributed by atoms with Crippen LogP contribution in [0.25, 0.3) is 0 Å². The second-order valence-corrected chi connectivity index (χ2v) is 6.64. The van der Waals surface area contributed by atoms with E-state index >= 15 is 0 Å². The molecule has 134 valence electrons. The standard InChI is InChI=1S/C18H23N3O3S/c1-13(2)24-10-6-9-19-17(23)15-12-25-18(20-15)21-16(22)11-14-7-4-3-5-8-14/h3-5,7-8,12-13H,6,9-11H2,1-2H3,(H,19,23)(H,20,21,22). The lowest BCUT2D eigenvalue weighted by Crippen LogP contribution is -2.26. The van der Waals surface area contributed by atoms with Crippen LogP contribution in [0, 0.1) is 0 Å². The lowest BCUT2D eigenvalue weighted by molar-refractivity contribution is -0.115. The van der Waals surface area contributed by atoms with Crippen molar-refractivity contribution in [3.05, 3.63) is 47.0 Å². The van der Waals surface area contributed by atoms with Gasteiger partial charge < -0.3 is 15.4 Å². The molecule has 2 aromatic rings. The molecular formula is C18H23N3O3S. The molecule has 0 atom stereocenters. The van der Waals surface area contributed by atoms with E-state index in [-0.39, 0.29) is 24.3 Å². The van der Waals surface area contributed by atoms with E-state index in [9.17, 15) is 9.59 Å². The third-order valence-electron chi connectivity index (χ3n) is 3.25. The molecule has 0 saturated heterocycles. The molecule has 0 aliphatic heterocycles. The molecule has 2 amide bonds. The normalized spacial score (nSPS) is 10.7. The van der Waals surface area contributed by atoms with Gasteiger partial charge in [-0.05, 0) is 25.8 Å². The van der Waals surface area contributed by atoms with Crippen LogP contribution in [0.3, 0.4) is 0 Å². The van der Waals surface area contributed by atoms with E-state index in [4.69, 9.17) is 4.74 Å². The number of thiazole rings is 1. The van der Waals surface area contributed by atoms with Gasteiger partial charge in [0.05, 0.1) is 12.5 Å². The third kappa shape index (κ3) is 7.03. The Morgan fingerprint density at radius 1 is 1.24 bits per heavy atom. The van der Waals surface area contributed by atoms with Gasteiger partial charge in [-0.3, -0.25) is 9.59 Å². The minimum absolute atomic E-state index is 0.154. The Morgan fingerprint density at radius 2 is 2.00 bits per heavy atom. The van der Waals surface area contributed by atoms with Crippen molar-refractivity contribution in [2.45, 2.75) is 32.8 Å². The van der Waals surface area contributed by atoms with Crippen LogP contribution < -0.4 is 10.6 Å². The van der Waals surface area contributed by atoms with E-state index in [0.717, 1.165) is 12.0 Å². The van der Waals surface area contributed by atoms with Gasteiger partial charge in [0, 0.05) is 18.5 Å². The van der Waals surface area contributed by atoms with Gasteiger partial charge >= 0.3 is 0 Å². The quantitative estimate of drug-likeness (QED) is 0.673. The zero-order valence-corrected chi connectivity index (χ0v) is 15.3. The van der Waals surface area contributed by atoms with Crippen LogP contribution in [0.4, 0.5) is 5.13 Å². The first kappa shape index (κ1) is 19.1. The van der Waals surface area contributed by atoms with Crippen LogP contribution in [0.5, 0.6) is 0 Å². The van der Waals surface area contributed by atoms with Gasteiger partial charge in [0.1, 0.15) is 5.69 Å². The number of ether oxygens (including phenoxy) is 1. The number of nitrogens with zero attached hydrogens (tertiary/aromatic N) is 1. The summed E-state index contributed by atoms with van der Waals surface area (Å²) in [6, 6.07) is 9.47. The van der Waals surface area contributed by atoms with E-state index in [2.05, 4.69) is 15.6 Å². The minimum atomic E-state index is -0.246. The van der Waals surface area contributed by atoms with Crippen LogP contribution in [0.15, 0.2) is 35.7 Å². The Kier molecular flexibility index (Phi) is 7.56. The first-order valence-corrected chi connectivity index (χ1v) is 9.11. The van der Waals surface area contributed by atoms with Gasteiger partial charge in [-0.1, -0.05) is 30.3 Å². The summed E-state index contributed by atoms with van der Waals surface area (Å²) >= 11 is 1.24. The average Bonchev–Trinajstić information content (AvgIpc) is 3.03. The molecule has 0 aliphatic carbocycles. The molecular weight excluding hydrogens is 338 g/mol. The molecule has 0 unspecified atom stereocenters. The number of nitrogens with one attached hydrogen (secondary N) is 2. The van der Waals surface area contributed by atoms with Crippen molar-refractivity contribution in [2.75, 3.05) is 18.5 Å². The number of rotatable bonds is 9. The van der Waals surface area contributed by atoms with Crippen molar-refractivity contribution < 1.29 is 14.3 Å². The number of benzene rings is 1. The van der Waals surface area contributed by atoms with Crippen LogP contribution in [-0.4, -0.2) is 36.1 Å². The first-order chi connectivity index (χ1) is 12.0. The molecule has 1 aromatic heterocycles. The number of aromatic nitrogens is 1. The Balaban J connectivity index is 1.75. The number of anilines is 1. The second-order valence-electron chi connectivity index (χ2n) is 5.78. The van der Waals surface area contributed by atoms with Crippen molar-refractivity contribution in [2.24, 2.45) is 0 Å². The zero-order chi connectivity index (χ0) is 18.1. The maximum Gasteiger partial charge on any atom is 0.270 e. The van der Waals surface area contributed by atoms with Gasteiger partial charge in [0.25, 0.3) is 5.91 Å². The van der Waals surface area contributed by atoms with Gasteiger partial charge in [0.15, 0.2) is 5.13 Å². The highest BCUT2D eigenvalue weighted by molar-refractivity contribution is 7.14. The van der Waals surface area contributed by atoms with Crippen LogP contribution in [-0.2, 0) is 16.0 Å². The monoisotopic (exact) mass is 361 g/mol. The molecule has 1 aromatic carbocycles. The Labute approximate surface area is 151 Å². The summed E-state index contributed by atoms with van der Waals surface area (Å²) in [6.07, 6.45) is 1.21. The van der Waals surface area contributed by atoms with Gasteiger partial charge in [-0.15, -0.1) is 11.3 Å². The van der Waals surface area contributed by atoms with Crippen LogP contribution in [0.2, 0.25) is 0 Å². The Morgan fingerprint density at radius 3 is 2.72 bits per heavy atom. The van der Waals surface area contributed by atoms with Gasteiger partial charge in [-0.2, -0.15) is 0 Å². The largest absolute Gasteiger partial charge is 0.379 e. The van der Waals surface area contributed by atoms with Crippen molar-refractivity contribution in [1.29, 1.82) is 0 Å². The lowest BCUT2D eigenvalue weighted by atomic mass is 10.1. The minimum Gasteiger partial charge on any atom is -0.379 e. The fourth-order valence-electron chi connectivity index (χ4n) is 2.06. The Bertz CT molecular complexity index is 686. The van der Waals surface area contributed by atoms with E-state index in [1.165, 1.54) is 11.3 Å². The molecule has 0 spiro atoms. The molecule has 25 heavy (non-hydrogen) atoms. The highest BCUT2D eigenvalue weighted by Gasteiger charge is 2.12. The third-order valence-corrected chi connectivity index (χ3v) is 4.01. The molecule has 2 rings (SSSR count). The van der Waals surface area contributed by atoms with E-state index in [0.29, 0.717) is 24.0 Å². The predicted octanol–water partition coefficient (Wildman–Crippen LogP) is 2.87. The summed E-state index contributed by atoms with van der Waals surface area (Å²) in [5.74, 6) is -0.400. The molecule has 0 bridgehead atoms. The fourth-order valence-corrected chi connectivity index (χ4v) is 2.77. The molecule has 7 heteroatoms. The molecule has 2 N–H and O–H groups in total. The molecule has 0 aliphatic rings. The number of amides is 2. The van der Waals surface area contributed by atoms with Crippen molar-refractivity contribution in [1.82, 2.24) is 10.3 Å². The summed E-state index contributed by atoms with van der Waals surface area (Å²) < 4.78 is 5.41. The predicted molar refractivity (Wildman–Crippen MR) is 98.9 cm³/mol. The summed E-state index contributed by atoms with van der Waals surface area (Å²) in [4.78, 5) is 28.2. The fraction of sp³-hybridized carbons (Fsp3) is 0.389. The smallest absolute Gasteiger partial charge is 0.270 e. The number of carbonyl (C=O) groups is 2. The number of hydrogen-bond donors (Lipinski definition) is 2. The molecule has 0 fully saturated rings. The maximum atomic E-state index is 12.0. The van der Waals surface area contributed by atoms with E-state index < -0.39 is 0 Å². The average molecular weight is 361 g/mol. The molecule has 6 nitrogen and oxygen atoms in total. The molecule has 0 radical (unpaired) electrons. The highest BCUT2D eigenvalue weighted by Crippen LogP contribution is 2.15. The summed E-state index contributed by atoms with van der Waals surface area (Å²) in [7, 11) is 0. The topological polar surface area (TPSA) is 80.3 Å². The van der Waals surface area contributed by atoms with Crippen LogP contribution in [0.1, 0.15) is 36.3 Å². The van der Waals surface area contributed by atoms with Crippen molar-refractivity contribution >= 4 is 28.3 Å². The second kappa shape index (κ2) is 9.90. The highest BCUT2D eigenvalue weighted by atomic mass is 32.1. The van der Waals surface area contributed by atoms with Gasteiger partial charge in [0.2, 0.25) is 5.91 Å². The van der Waals surface area contributed by atoms with Gasteiger partial charge in [-0.25, -0.2) is 4.98 Å². The van der Waals surface area contributed by atoms with Crippen molar-refractivity contribution in [3.63, 3.8) is 0 Å². The first-order valence-electron chi connectivity index (χ1n) is 8.23. The number of hydrogen-bond acceptors (Lipinski definition) is 5. The van der Waals surface area contributed by atoms with Crippen molar-refractivity contribution in [3.8, 4) is 0 Å². The SMILES string of the molecule is CC(C)OCCCNC(=O)c1csc(NC(=O)Cc2ccccc2)n1. The maximum absolute atomic E-state index is 12.0. The van der Waals surface area contributed by atoms with Crippen LogP contribution >= 0.6 is 11.3 Å². The van der Waals surface area contributed by atoms with E-state index in [1.54, 1.807) is 5.38 Å². The Hall–Kier alpha value is -2.25. The lowest BCUT2D eigenvalue weighted by Gasteiger charge is -2.07.